The van der Waals surface area contributed by atoms with Crippen LogP contribution >= 0.6 is 11.3 Å². The van der Waals surface area contributed by atoms with E-state index in [0.29, 0.717) is 0 Å². The van der Waals surface area contributed by atoms with Crippen LogP contribution in [0, 0.1) is 6.92 Å². The fourth-order valence-corrected chi connectivity index (χ4v) is 2.93. The van der Waals surface area contributed by atoms with Crippen LogP contribution in [0.1, 0.15) is 49.9 Å². The van der Waals surface area contributed by atoms with Gasteiger partial charge >= 0.3 is 0 Å². The Bertz CT molecular complexity index is 599. The molecular formula is C16H24N4S. The van der Waals surface area contributed by atoms with E-state index in [2.05, 4.69) is 48.4 Å². The fraction of sp³-hybridized carbons (Fsp3) is 0.562. The van der Waals surface area contributed by atoms with Crippen LogP contribution in [0.15, 0.2) is 11.4 Å². The standard InChI is InChI=1S/C16H24N4S/c1-6-12-9-14(19-11(2)18-12)17-8-7-13-10-21-15(20-13)16(3,4)5/h9-10H,6-8H2,1-5H3,(H,17,18,19). The predicted octanol–water partition coefficient (Wildman–Crippen LogP) is 3.76. The highest BCUT2D eigenvalue weighted by molar-refractivity contribution is 7.09. The van der Waals surface area contributed by atoms with Gasteiger partial charge in [-0.2, -0.15) is 0 Å². The van der Waals surface area contributed by atoms with Crippen molar-refractivity contribution in [2.24, 2.45) is 0 Å². The Hall–Kier alpha value is -1.49. The maximum atomic E-state index is 4.71. The van der Waals surface area contributed by atoms with Crippen LogP contribution in [0.5, 0.6) is 0 Å². The summed E-state index contributed by atoms with van der Waals surface area (Å²) in [5.74, 6) is 1.73. The first-order valence-electron chi connectivity index (χ1n) is 7.42. The molecule has 21 heavy (non-hydrogen) atoms. The van der Waals surface area contributed by atoms with Crippen LogP contribution in [0.2, 0.25) is 0 Å². The summed E-state index contributed by atoms with van der Waals surface area (Å²) in [5, 5.41) is 6.73. The lowest BCUT2D eigenvalue weighted by atomic mass is 9.98. The third-order valence-electron chi connectivity index (χ3n) is 3.13. The molecule has 0 aromatic carbocycles. The summed E-state index contributed by atoms with van der Waals surface area (Å²) in [7, 11) is 0. The molecule has 5 heteroatoms. The minimum atomic E-state index is 0.135. The first-order chi connectivity index (χ1) is 9.88. The average molecular weight is 304 g/mol. The Morgan fingerprint density at radius 2 is 1.90 bits per heavy atom. The van der Waals surface area contributed by atoms with Crippen LogP contribution in [0.25, 0.3) is 0 Å². The van der Waals surface area contributed by atoms with E-state index in [-0.39, 0.29) is 5.41 Å². The van der Waals surface area contributed by atoms with E-state index in [0.717, 1.165) is 42.4 Å². The van der Waals surface area contributed by atoms with Gasteiger partial charge in [-0.15, -0.1) is 11.3 Å². The van der Waals surface area contributed by atoms with Gasteiger partial charge in [0.05, 0.1) is 10.7 Å². The molecule has 0 bridgehead atoms. The predicted molar refractivity (Wildman–Crippen MR) is 89.2 cm³/mol. The molecule has 1 N–H and O–H groups in total. The lowest BCUT2D eigenvalue weighted by molar-refractivity contribution is 0.583. The molecule has 0 saturated carbocycles. The van der Waals surface area contributed by atoms with Crippen molar-refractivity contribution >= 4 is 17.2 Å². The van der Waals surface area contributed by atoms with Crippen molar-refractivity contribution in [1.82, 2.24) is 15.0 Å². The molecule has 4 nitrogen and oxygen atoms in total. The van der Waals surface area contributed by atoms with Crippen molar-refractivity contribution in [2.45, 2.75) is 52.9 Å². The summed E-state index contributed by atoms with van der Waals surface area (Å²) >= 11 is 1.75. The van der Waals surface area contributed by atoms with Gasteiger partial charge in [0.1, 0.15) is 11.6 Å². The number of nitrogens with one attached hydrogen (secondary N) is 1. The normalized spacial score (nSPS) is 11.7. The van der Waals surface area contributed by atoms with Crippen molar-refractivity contribution < 1.29 is 0 Å². The highest BCUT2D eigenvalue weighted by Crippen LogP contribution is 2.25. The number of hydrogen-bond donors (Lipinski definition) is 1. The zero-order valence-corrected chi connectivity index (χ0v) is 14.3. The highest BCUT2D eigenvalue weighted by Gasteiger charge is 2.17. The average Bonchev–Trinajstić information content (AvgIpc) is 2.87. The molecule has 0 spiro atoms. The Balaban J connectivity index is 1.92. The Morgan fingerprint density at radius 1 is 1.14 bits per heavy atom. The number of nitrogens with zero attached hydrogens (tertiary/aromatic N) is 3. The zero-order valence-electron chi connectivity index (χ0n) is 13.5. The minimum Gasteiger partial charge on any atom is -0.370 e. The van der Waals surface area contributed by atoms with Crippen LogP contribution in [0.4, 0.5) is 5.82 Å². The summed E-state index contributed by atoms with van der Waals surface area (Å²) < 4.78 is 0. The second kappa shape index (κ2) is 6.52. The summed E-state index contributed by atoms with van der Waals surface area (Å²) in [6.07, 6.45) is 1.84. The largest absolute Gasteiger partial charge is 0.370 e. The van der Waals surface area contributed by atoms with Crippen molar-refractivity contribution in [2.75, 3.05) is 11.9 Å². The molecule has 2 rings (SSSR count). The molecule has 0 atom stereocenters. The van der Waals surface area contributed by atoms with Gasteiger partial charge in [-0.1, -0.05) is 27.7 Å². The topological polar surface area (TPSA) is 50.7 Å². The zero-order chi connectivity index (χ0) is 15.5. The number of thiazole rings is 1. The van der Waals surface area contributed by atoms with Gasteiger partial charge < -0.3 is 5.32 Å². The first kappa shape index (κ1) is 15.9. The van der Waals surface area contributed by atoms with E-state index in [4.69, 9.17) is 4.98 Å². The fourth-order valence-electron chi connectivity index (χ4n) is 1.99. The van der Waals surface area contributed by atoms with Gasteiger partial charge in [-0.3, -0.25) is 0 Å². The summed E-state index contributed by atoms with van der Waals surface area (Å²) in [6, 6.07) is 2.02. The Kier molecular flexibility index (Phi) is 4.93. The van der Waals surface area contributed by atoms with Gasteiger partial charge in [0.2, 0.25) is 0 Å². The number of aryl methyl sites for hydroxylation is 2. The van der Waals surface area contributed by atoms with Gasteiger partial charge in [-0.25, -0.2) is 15.0 Å². The number of hydrogen-bond acceptors (Lipinski definition) is 5. The summed E-state index contributed by atoms with van der Waals surface area (Å²) in [6.45, 7) is 11.5. The molecule has 0 aliphatic carbocycles. The van der Waals surface area contributed by atoms with Crippen LogP contribution in [0.3, 0.4) is 0 Å². The highest BCUT2D eigenvalue weighted by atomic mass is 32.1. The van der Waals surface area contributed by atoms with E-state index >= 15 is 0 Å². The third kappa shape index (κ3) is 4.49. The first-order valence-corrected chi connectivity index (χ1v) is 8.29. The molecule has 2 aromatic rings. The summed E-state index contributed by atoms with van der Waals surface area (Å²) in [5.41, 5.74) is 2.36. The molecule has 0 unspecified atom stereocenters. The smallest absolute Gasteiger partial charge is 0.129 e. The molecular weight excluding hydrogens is 280 g/mol. The van der Waals surface area contributed by atoms with E-state index in [1.165, 1.54) is 5.01 Å². The van der Waals surface area contributed by atoms with Crippen LogP contribution in [-0.4, -0.2) is 21.5 Å². The number of rotatable bonds is 5. The van der Waals surface area contributed by atoms with Crippen molar-refractivity contribution in [3.63, 3.8) is 0 Å². The molecule has 0 aliphatic heterocycles. The Labute approximate surface area is 131 Å². The molecule has 0 aliphatic rings. The number of aromatic nitrogens is 3. The monoisotopic (exact) mass is 304 g/mol. The van der Waals surface area contributed by atoms with Gasteiger partial charge in [-0.05, 0) is 13.3 Å². The molecule has 0 saturated heterocycles. The molecule has 0 radical (unpaired) electrons. The molecule has 0 amide bonds. The lowest BCUT2D eigenvalue weighted by Crippen LogP contribution is -2.12. The Morgan fingerprint density at radius 3 is 2.52 bits per heavy atom. The third-order valence-corrected chi connectivity index (χ3v) is 4.45. The molecule has 2 aromatic heterocycles. The van der Waals surface area contributed by atoms with E-state index in [1.807, 2.05) is 13.0 Å². The van der Waals surface area contributed by atoms with Gasteiger partial charge in [0, 0.05) is 35.5 Å². The second-order valence-corrected chi connectivity index (χ2v) is 7.07. The van der Waals surface area contributed by atoms with E-state index in [1.54, 1.807) is 11.3 Å². The maximum absolute atomic E-state index is 4.71. The van der Waals surface area contributed by atoms with E-state index in [9.17, 15) is 0 Å². The molecule has 0 fully saturated rings. The van der Waals surface area contributed by atoms with Crippen molar-refractivity contribution in [1.29, 1.82) is 0 Å². The van der Waals surface area contributed by atoms with Crippen LogP contribution < -0.4 is 5.32 Å². The summed E-state index contributed by atoms with van der Waals surface area (Å²) in [4.78, 5) is 13.5. The van der Waals surface area contributed by atoms with E-state index < -0.39 is 0 Å². The second-order valence-electron chi connectivity index (χ2n) is 6.22. The van der Waals surface area contributed by atoms with Crippen LogP contribution in [-0.2, 0) is 18.3 Å². The number of anilines is 1. The molecule has 2 heterocycles. The van der Waals surface area contributed by atoms with Gasteiger partial charge in [0.25, 0.3) is 0 Å². The van der Waals surface area contributed by atoms with Crippen molar-refractivity contribution in [3.05, 3.63) is 33.7 Å². The quantitative estimate of drug-likeness (QED) is 0.914. The van der Waals surface area contributed by atoms with Crippen molar-refractivity contribution in [3.8, 4) is 0 Å². The maximum Gasteiger partial charge on any atom is 0.129 e. The SMILES string of the molecule is CCc1cc(NCCc2csc(C(C)(C)C)n2)nc(C)n1. The minimum absolute atomic E-state index is 0.135. The molecule has 114 valence electrons. The lowest BCUT2D eigenvalue weighted by Gasteiger charge is -2.13. The van der Waals surface area contributed by atoms with Gasteiger partial charge in [0.15, 0.2) is 0 Å².